The number of piperidine rings is 1. The molecule has 1 aromatic carbocycles. The average Bonchev–Trinajstić information content (AvgIpc) is 2.46. The molecule has 1 aliphatic rings. The number of rotatable bonds is 4. The molecule has 8 heteroatoms. The molecule has 1 fully saturated rings. The van der Waals surface area contributed by atoms with Crippen molar-refractivity contribution in [2.24, 2.45) is 5.92 Å². The maximum atomic E-state index is 12.3. The molecule has 0 saturated carbocycles. The standard InChI is InChI=1S/C14H21N3O3S.Rb/c1-10-3-5-13(6-4-10)21(19,20)17-12-7-11(8-16-9-12)14(18)15-2;/h3-6,11-12,16-17H,7-9H2,1-2H3,(H,15,18);/q;+1/p-1/t11-,12+;/m0./s1. The van der Waals surface area contributed by atoms with E-state index in [0.29, 0.717) is 19.5 Å². The van der Waals surface area contributed by atoms with Crippen molar-refractivity contribution in [3.05, 3.63) is 35.1 Å². The number of nitrogens with one attached hydrogen (secondary N) is 2. The van der Waals surface area contributed by atoms with E-state index < -0.39 is 10.0 Å². The number of sulfonamides is 1. The first-order valence-corrected chi connectivity index (χ1v) is 8.34. The van der Waals surface area contributed by atoms with Crippen LogP contribution in [0.25, 0.3) is 5.32 Å². The average molecular weight is 396 g/mol. The van der Waals surface area contributed by atoms with Gasteiger partial charge >= 0.3 is 58.2 Å². The van der Waals surface area contributed by atoms with Gasteiger partial charge in [-0.25, -0.2) is 13.1 Å². The summed E-state index contributed by atoms with van der Waals surface area (Å²) in [6, 6.07) is 6.38. The van der Waals surface area contributed by atoms with Crippen molar-refractivity contribution in [3.8, 4) is 0 Å². The van der Waals surface area contributed by atoms with Gasteiger partial charge in [0.2, 0.25) is 10.0 Å². The fraction of sp³-hybridized carbons (Fsp3) is 0.500. The van der Waals surface area contributed by atoms with Crippen LogP contribution >= 0.6 is 0 Å². The molecule has 1 saturated heterocycles. The molecule has 2 N–H and O–H groups in total. The Balaban J connectivity index is 0.00000242. The Labute approximate surface area is 180 Å². The fourth-order valence-corrected chi connectivity index (χ4v) is 3.66. The van der Waals surface area contributed by atoms with E-state index in [9.17, 15) is 13.2 Å². The number of hydrogen-bond acceptors (Lipinski definition) is 4. The van der Waals surface area contributed by atoms with Crippen LogP contribution in [0.4, 0.5) is 0 Å². The predicted molar refractivity (Wildman–Crippen MR) is 80.6 cm³/mol. The van der Waals surface area contributed by atoms with Gasteiger partial charge in [0.05, 0.1) is 10.8 Å². The fourth-order valence-electron chi connectivity index (χ4n) is 2.41. The van der Waals surface area contributed by atoms with E-state index in [0.717, 1.165) is 5.56 Å². The monoisotopic (exact) mass is 395 g/mol. The minimum Gasteiger partial charge on any atom is -0.656 e. The Bertz CT molecular complexity index is 604. The Hall–Kier alpha value is 0.365. The molecular formula is C14H20N3O3RbS. The summed E-state index contributed by atoms with van der Waals surface area (Å²) in [4.78, 5) is 11.8. The molecule has 116 valence electrons. The molecule has 1 aliphatic heterocycles. The molecule has 0 aliphatic carbocycles. The molecule has 0 spiro atoms. The van der Waals surface area contributed by atoms with Gasteiger partial charge in [-0.1, -0.05) is 17.7 Å². The van der Waals surface area contributed by atoms with Crippen LogP contribution in [0, 0.1) is 12.8 Å². The molecular weight excluding hydrogens is 376 g/mol. The molecule has 1 aromatic rings. The van der Waals surface area contributed by atoms with E-state index in [1.54, 1.807) is 24.3 Å². The van der Waals surface area contributed by atoms with E-state index in [-0.39, 0.29) is 80.9 Å². The van der Waals surface area contributed by atoms with E-state index >= 15 is 0 Å². The Morgan fingerprint density at radius 1 is 1.27 bits per heavy atom. The molecule has 0 aromatic heterocycles. The van der Waals surface area contributed by atoms with Crippen LogP contribution in [0.3, 0.4) is 0 Å². The molecule has 6 nitrogen and oxygen atoms in total. The molecule has 2 rings (SSSR count). The van der Waals surface area contributed by atoms with Gasteiger partial charge < -0.3 is 15.4 Å². The summed E-state index contributed by atoms with van der Waals surface area (Å²) >= 11 is 0. The maximum absolute atomic E-state index is 12.3. The number of hydrogen-bond donors (Lipinski definition) is 2. The molecule has 22 heavy (non-hydrogen) atoms. The molecule has 0 unspecified atom stereocenters. The molecule has 0 bridgehead atoms. The van der Waals surface area contributed by atoms with Crippen molar-refractivity contribution in [2.45, 2.75) is 24.3 Å². The Morgan fingerprint density at radius 3 is 2.50 bits per heavy atom. The molecule has 1 amide bonds. The zero-order valence-corrected chi connectivity index (χ0v) is 18.9. The number of carbonyl (C=O) groups excluding carboxylic acids is 1. The van der Waals surface area contributed by atoms with Crippen LogP contribution in [0.5, 0.6) is 0 Å². The summed E-state index contributed by atoms with van der Waals surface area (Å²) in [5.74, 6) is -0.462. The van der Waals surface area contributed by atoms with Gasteiger partial charge in [0, 0.05) is 25.0 Å². The summed E-state index contributed by atoms with van der Waals surface area (Å²) in [5, 5.41) is 6.73. The van der Waals surface area contributed by atoms with Crippen molar-refractivity contribution in [1.29, 1.82) is 0 Å². The van der Waals surface area contributed by atoms with Gasteiger partial charge in [0.25, 0.3) is 0 Å². The summed E-state index contributed by atoms with van der Waals surface area (Å²) in [5.41, 5.74) is 1.00. The van der Waals surface area contributed by atoms with Gasteiger partial charge in [-0.3, -0.25) is 0 Å². The van der Waals surface area contributed by atoms with Crippen LogP contribution in [0.1, 0.15) is 12.0 Å². The third-order valence-electron chi connectivity index (χ3n) is 3.57. The van der Waals surface area contributed by atoms with Crippen LogP contribution in [-0.4, -0.2) is 40.5 Å². The van der Waals surface area contributed by atoms with Crippen molar-refractivity contribution < 1.29 is 71.4 Å². The predicted octanol–water partition coefficient (Wildman–Crippen LogP) is -2.21. The second-order valence-electron chi connectivity index (χ2n) is 5.28. The van der Waals surface area contributed by atoms with Crippen LogP contribution < -0.4 is 68.2 Å². The third-order valence-corrected chi connectivity index (χ3v) is 5.11. The van der Waals surface area contributed by atoms with Crippen molar-refractivity contribution in [1.82, 2.24) is 10.0 Å². The number of carbonyl (C=O) groups is 1. The Kier molecular flexibility index (Phi) is 8.36. The van der Waals surface area contributed by atoms with Crippen LogP contribution in [0.2, 0.25) is 0 Å². The van der Waals surface area contributed by atoms with Gasteiger partial charge in [-0.05, 0) is 25.5 Å². The minimum atomic E-state index is -3.56. The summed E-state index contributed by atoms with van der Waals surface area (Å²) in [7, 11) is -2.10. The van der Waals surface area contributed by atoms with Gasteiger partial charge in [0.1, 0.15) is 0 Å². The van der Waals surface area contributed by atoms with Gasteiger partial charge in [-0.15, -0.1) is 7.05 Å². The van der Waals surface area contributed by atoms with E-state index in [1.807, 2.05) is 6.92 Å². The summed E-state index contributed by atoms with van der Waals surface area (Å²) < 4.78 is 27.3. The van der Waals surface area contributed by atoms with Crippen LogP contribution in [0.15, 0.2) is 29.2 Å². The van der Waals surface area contributed by atoms with Gasteiger partial charge in [-0.2, -0.15) is 0 Å². The molecule has 2 atom stereocenters. The SMILES string of the molecule is C[N-]C(=O)[C@@H]1CNC[C@H](NS(=O)(=O)c2ccc(C)cc2)C1.[Rb+]. The number of amides is 1. The van der Waals surface area contributed by atoms with Gasteiger partial charge in [0.15, 0.2) is 0 Å². The quantitative estimate of drug-likeness (QED) is 0.604. The second kappa shape index (κ2) is 9.01. The first-order chi connectivity index (χ1) is 9.92. The zero-order valence-electron chi connectivity index (χ0n) is 13.2. The molecule has 1 heterocycles. The van der Waals surface area contributed by atoms with Crippen molar-refractivity contribution >= 4 is 15.9 Å². The first kappa shape index (κ1) is 20.4. The number of benzene rings is 1. The number of aryl methyl sites for hydroxylation is 1. The smallest absolute Gasteiger partial charge is 0.656 e. The summed E-state index contributed by atoms with van der Waals surface area (Å²) in [6.07, 6.45) is 0.467. The zero-order chi connectivity index (χ0) is 15.5. The van der Waals surface area contributed by atoms with Crippen LogP contribution in [-0.2, 0) is 14.8 Å². The Morgan fingerprint density at radius 2 is 1.91 bits per heavy atom. The van der Waals surface area contributed by atoms with E-state index in [4.69, 9.17) is 0 Å². The second-order valence-corrected chi connectivity index (χ2v) is 7.00. The van der Waals surface area contributed by atoms with E-state index in [2.05, 4.69) is 15.4 Å². The van der Waals surface area contributed by atoms with E-state index in [1.165, 1.54) is 7.05 Å². The maximum Gasteiger partial charge on any atom is 1.00 e. The van der Waals surface area contributed by atoms with Crippen molar-refractivity contribution in [2.75, 3.05) is 20.1 Å². The normalized spacial score (nSPS) is 21.7. The first-order valence-electron chi connectivity index (χ1n) is 6.86. The molecule has 0 radical (unpaired) electrons. The summed E-state index contributed by atoms with van der Waals surface area (Å²) in [6.45, 7) is 2.96. The third kappa shape index (κ3) is 5.47. The minimum absolute atomic E-state index is 0. The van der Waals surface area contributed by atoms with Crippen molar-refractivity contribution in [3.63, 3.8) is 0 Å². The topological polar surface area (TPSA) is 89.4 Å². The number of nitrogens with zero attached hydrogens (tertiary/aromatic N) is 1. The largest absolute Gasteiger partial charge is 1.00 e.